The minimum Gasteiger partial charge on any atom is -0.387 e. The van der Waals surface area contributed by atoms with Crippen LogP contribution in [0.25, 0.3) is 0 Å². The van der Waals surface area contributed by atoms with E-state index in [2.05, 4.69) is 68.4 Å². The van der Waals surface area contributed by atoms with Crippen LogP contribution >= 0.6 is 0 Å². The second kappa shape index (κ2) is 16.8. The molecule has 4 N–H and O–H groups in total. The number of ketones is 1. The molecule has 0 saturated carbocycles. The first kappa shape index (κ1) is 44.2. The molecule has 0 aromatic heterocycles. The van der Waals surface area contributed by atoms with Gasteiger partial charge in [0.25, 0.3) is 0 Å². The van der Waals surface area contributed by atoms with Gasteiger partial charge in [0.15, 0.2) is 6.29 Å². The molecule has 4 unspecified atom stereocenters. The first-order valence-electron chi connectivity index (χ1n) is 21.9. The van der Waals surface area contributed by atoms with E-state index in [9.17, 15) is 25.2 Å². The molecule has 0 aromatic rings. The number of aliphatic hydroxyl groups excluding tert-OH is 2. The Bertz CT molecular complexity index is 1310. The molecule has 0 amide bonds. The van der Waals surface area contributed by atoms with Crippen molar-refractivity contribution in [3.63, 3.8) is 0 Å². The van der Waals surface area contributed by atoms with Gasteiger partial charge in [-0.15, -0.1) is 0 Å². The van der Waals surface area contributed by atoms with Crippen LogP contribution in [-0.2, 0) is 23.7 Å². The largest absolute Gasteiger partial charge is 0.387 e. The maximum absolute atomic E-state index is 14.7. The maximum Gasteiger partial charge on any atom is 0.156 e. The lowest BCUT2D eigenvalue weighted by atomic mass is 9.65. The van der Waals surface area contributed by atoms with Crippen LogP contribution in [0.15, 0.2) is 12.2 Å². The normalized spacial score (nSPS) is 47.1. The van der Waals surface area contributed by atoms with E-state index in [1.807, 2.05) is 26.8 Å². The highest BCUT2D eigenvalue weighted by atomic mass is 16.6. The van der Waals surface area contributed by atoms with Gasteiger partial charge in [-0.2, -0.15) is 0 Å². The van der Waals surface area contributed by atoms with E-state index in [0.29, 0.717) is 50.9 Å². The SMILES string of the molecule is CC[C@@H](C(O)O)C1OC([C@@H](C)[C@H](C)[C@H](C)C(=O)[C@H](CC)C2O[C@]3(C=C[C@@H](O)[C@]4(CC[C@@](C)(C5CC[C@](O)(CC)[C@H](C)O5)O4)C3)[C@H](C)C[C@@H]2C)[C@@H](C)C[C@@H]1C. The maximum atomic E-state index is 14.7. The molecule has 4 aliphatic heterocycles. The van der Waals surface area contributed by atoms with Gasteiger partial charge in [0.05, 0.1) is 47.3 Å². The zero-order valence-electron chi connectivity index (χ0n) is 35.8. The smallest absolute Gasteiger partial charge is 0.156 e. The summed E-state index contributed by atoms with van der Waals surface area (Å²) < 4.78 is 27.6. The zero-order chi connectivity index (χ0) is 40.1. The average molecular weight is 763 g/mol. The van der Waals surface area contributed by atoms with Crippen molar-refractivity contribution in [3.8, 4) is 0 Å². The number of carbonyl (C=O) groups is 1. The number of Topliss-reactive ketones (excluding diaryl/α,β-unsaturated/α-hetero) is 1. The summed E-state index contributed by atoms with van der Waals surface area (Å²) in [5, 5.41) is 43.0. The Kier molecular flexibility index (Phi) is 13.7. The van der Waals surface area contributed by atoms with Crippen LogP contribution in [0.4, 0.5) is 0 Å². The van der Waals surface area contributed by atoms with E-state index < -0.39 is 34.8 Å². The van der Waals surface area contributed by atoms with Crippen molar-refractivity contribution in [2.24, 2.45) is 53.3 Å². The van der Waals surface area contributed by atoms with E-state index in [-0.39, 0.29) is 83.6 Å². The van der Waals surface area contributed by atoms with Crippen LogP contribution in [-0.4, -0.2) is 91.5 Å². The molecule has 4 heterocycles. The van der Waals surface area contributed by atoms with E-state index in [0.717, 1.165) is 19.3 Å². The fourth-order valence-electron chi connectivity index (χ4n) is 11.9. The topological polar surface area (TPSA) is 135 Å². The van der Waals surface area contributed by atoms with Crippen molar-refractivity contribution >= 4 is 5.78 Å². The van der Waals surface area contributed by atoms with Crippen molar-refractivity contribution in [2.45, 2.75) is 213 Å². The Morgan fingerprint density at radius 2 is 1.52 bits per heavy atom. The highest BCUT2D eigenvalue weighted by Crippen LogP contribution is 2.55. The summed E-state index contributed by atoms with van der Waals surface area (Å²) in [6.45, 7) is 25.4. The Morgan fingerprint density at radius 1 is 0.870 bits per heavy atom. The molecule has 19 atom stereocenters. The number of ether oxygens (including phenoxy) is 4. The molecule has 0 aromatic carbocycles. The summed E-state index contributed by atoms with van der Waals surface area (Å²) in [5.41, 5.74) is -2.93. The van der Waals surface area contributed by atoms with Crippen LogP contribution in [0.1, 0.15) is 147 Å². The van der Waals surface area contributed by atoms with Crippen LogP contribution in [0, 0.1) is 53.3 Å². The predicted octanol–water partition coefficient (Wildman–Crippen LogP) is 7.39. The van der Waals surface area contributed by atoms with Crippen molar-refractivity contribution in [1.29, 1.82) is 0 Å². The molecule has 312 valence electrons. The number of hydrogen-bond donors (Lipinski definition) is 4. The van der Waals surface area contributed by atoms with Crippen LogP contribution in [0.3, 0.4) is 0 Å². The molecule has 5 rings (SSSR count). The second-order valence-corrected chi connectivity index (χ2v) is 19.5. The molecule has 0 bridgehead atoms. The minimum absolute atomic E-state index is 0.0505. The first-order chi connectivity index (χ1) is 25.2. The standard InChI is InChI=1S/C45H78O9/c1-13-33(37(47)30(9)29(8)31(10)38-25(4)22-26(5)39(52-38)34(14-2)41(48)49)40-27(6)23-28(7)44(53-40)19-16-35(46)45(24-44)21-20-42(12,54-45)36-17-18-43(50,15-3)32(11)51-36/h16,19,25-36,38-41,46,48-50H,13-15,17-18,20-24H2,1-12H3/t25-,26-,27-,28+,29+,30-,31-,32-,33-,34+,35+,36?,38?,39?,40?,42-,43+,44-,45-/m0/s1. The Labute approximate surface area is 327 Å². The molecule has 9 nitrogen and oxygen atoms in total. The summed E-state index contributed by atoms with van der Waals surface area (Å²) >= 11 is 0. The van der Waals surface area contributed by atoms with Gasteiger partial charge >= 0.3 is 0 Å². The highest BCUT2D eigenvalue weighted by molar-refractivity contribution is 5.84. The quantitative estimate of drug-likeness (QED) is 0.119. The lowest BCUT2D eigenvalue weighted by molar-refractivity contribution is -0.259. The van der Waals surface area contributed by atoms with E-state index >= 15 is 0 Å². The third-order valence-electron chi connectivity index (χ3n) is 16.1. The Morgan fingerprint density at radius 3 is 2.11 bits per heavy atom. The van der Waals surface area contributed by atoms with Crippen molar-refractivity contribution in [3.05, 3.63) is 12.2 Å². The summed E-state index contributed by atoms with van der Waals surface area (Å²) in [5.74, 6) is 0.407. The van der Waals surface area contributed by atoms with Gasteiger partial charge in [-0.05, 0) is 107 Å². The summed E-state index contributed by atoms with van der Waals surface area (Å²) in [6, 6.07) is 0. The lowest BCUT2D eigenvalue weighted by Gasteiger charge is -2.55. The number of rotatable bonds is 12. The number of carbonyl (C=O) groups excluding carboxylic acids is 1. The van der Waals surface area contributed by atoms with E-state index in [1.54, 1.807) is 0 Å². The monoisotopic (exact) mass is 763 g/mol. The van der Waals surface area contributed by atoms with Gasteiger partial charge in [0.2, 0.25) is 0 Å². The van der Waals surface area contributed by atoms with E-state index in [1.165, 1.54) is 0 Å². The molecule has 4 fully saturated rings. The molecule has 2 spiro atoms. The first-order valence-corrected chi connectivity index (χ1v) is 21.9. The highest BCUT2D eigenvalue weighted by Gasteiger charge is 2.62. The molecular weight excluding hydrogens is 684 g/mol. The molecule has 9 heteroatoms. The van der Waals surface area contributed by atoms with Crippen molar-refractivity contribution in [2.75, 3.05) is 0 Å². The third kappa shape index (κ3) is 8.06. The fourth-order valence-corrected chi connectivity index (χ4v) is 11.9. The molecule has 0 radical (unpaired) electrons. The minimum atomic E-state index is -1.42. The van der Waals surface area contributed by atoms with Gasteiger partial charge < -0.3 is 39.4 Å². The second-order valence-electron chi connectivity index (χ2n) is 19.5. The summed E-state index contributed by atoms with van der Waals surface area (Å²) in [6.07, 6.45) is 7.82. The van der Waals surface area contributed by atoms with Crippen molar-refractivity contribution in [1.82, 2.24) is 0 Å². The predicted molar refractivity (Wildman–Crippen MR) is 210 cm³/mol. The van der Waals surface area contributed by atoms with Crippen molar-refractivity contribution < 1.29 is 44.2 Å². The average Bonchev–Trinajstić information content (AvgIpc) is 3.47. The fraction of sp³-hybridized carbons (Fsp3) is 0.933. The lowest BCUT2D eigenvalue weighted by Crippen LogP contribution is -2.61. The van der Waals surface area contributed by atoms with Gasteiger partial charge in [-0.25, -0.2) is 0 Å². The van der Waals surface area contributed by atoms with Gasteiger partial charge in [0.1, 0.15) is 17.5 Å². The molecule has 4 saturated heterocycles. The van der Waals surface area contributed by atoms with Crippen LogP contribution in [0.2, 0.25) is 0 Å². The zero-order valence-corrected chi connectivity index (χ0v) is 35.8. The van der Waals surface area contributed by atoms with Gasteiger partial charge in [0, 0.05) is 24.2 Å². The van der Waals surface area contributed by atoms with Crippen LogP contribution < -0.4 is 0 Å². The number of aliphatic hydroxyl groups is 4. The van der Waals surface area contributed by atoms with E-state index in [4.69, 9.17) is 18.9 Å². The van der Waals surface area contributed by atoms with Gasteiger partial charge in [-0.1, -0.05) is 81.4 Å². The summed E-state index contributed by atoms with van der Waals surface area (Å²) in [4.78, 5) is 14.7. The third-order valence-corrected chi connectivity index (χ3v) is 16.1. The number of hydrogen-bond acceptors (Lipinski definition) is 9. The van der Waals surface area contributed by atoms with Gasteiger partial charge in [-0.3, -0.25) is 4.79 Å². The Hall–Kier alpha value is -0.910. The Balaban J connectivity index is 1.31. The molecule has 54 heavy (non-hydrogen) atoms. The molecule has 1 aliphatic carbocycles. The summed E-state index contributed by atoms with van der Waals surface area (Å²) in [7, 11) is 0. The van der Waals surface area contributed by atoms with Crippen LogP contribution in [0.5, 0.6) is 0 Å². The molecule has 5 aliphatic rings. The molecular formula is C45H78O9.